The lowest BCUT2D eigenvalue weighted by Gasteiger charge is -2.00. The van der Waals surface area contributed by atoms with Crippen molar-refractivity contribution in [3.8, 4) is 0 Å². The van der Waals surface area contributed by atoms with Crippen LogP contribution in [0.5, 0.6) is 0 Å². The molecule has 0 saturated carbocycles. The maximum Gasteiger partial charge on any atom is 0.349 e. The highest BCUT2D eigenvalue weighted by molar-refractivity contribution is 7.17. The minimum Gasteiger partial charge on any atom is -0.465 e. The van der Waals surface area contributed by atoms with Gasteiger partial charge in [0.05, 0.1) is 13.3 Å². The van der Waals surface area contributed by atoms with Crippen LogP contribution in [0.25, 0.3) is 0 Å². The zero-order chi connectivity index (χ0) is 11.3. The molecule has 0 unspecified atom stereocenters. The van der Waals surface area contributed by atoms with Crippen LogP contribution in [-0.2, 0) is 4.74 Å². The first-order valence-corrected chi connectivity index (χ1v) is 5.08. The fourth-order valence-corrected chi connectivity index (χ4v) is 1.56. The smallest absolute Gasteiger partial charge is 0.349 e. The number of carbonyl (C=O) groups excluding carboxylic acids is 2. The van der Waals surface area contributed by atoms with Crippen molar-refractivity contribution in [3.63, 3.8) is 0 Å². The molecule has 2 N–H and O–H groups in total. The summed E-state index contributed by atoms with van der Waals surface area (Å²) in [6.07, 6.45) is 1.36. The quantitative estimate of drug-likeness (QED) is 0.760. The van der Waals surface area contributed by atoms with Gasteiger partial charge in [-0.3, -0.25) is 5.32 Å². The summed E-state index contributed by atoms with van der Waals surface area (Å²) >= 11 is 1.06. The number of nitrogens with one attached hydrogen (secondary N) is 2. The Morgan fingerprint density at radius 3 is 2.93 bits per heavy atom. The number of thiazole rings is 1. The van der Waals surface area contributed by atoms with Crippen LogP contribution < -0.4 is 10.6 Å². The Kier molecular flexibility index (Phi) is 4.04. The number of carbonyl (C=O) groups is 2. The van der Waals surface area contributed by atoms with Gasteiger partial charge in [0, 0.05) is 6.54 Å². The van der Waals surface area contributed by atoms with E-state index in [1.807, 2.05) is 0 Å². The molecular formula is C8H11N3O3S. The van der Waals surface area contributed by atoms with Crippen LogP contribution in [0.15, 0.2) is 6.20 Å². The van der Waals surface area contributed by atoms with Gasteiger partial charge in [-0.25, -0.2) is 14.6 Å². The summed E-state index contributed by atoms with van der Waals surface area (Å²) in [7, 11) is 1.29. The second-order valence-corrected chi connectivity index (χ2v) is 3.54. The van der Waals surface area contributed by atoms with Gasteiger partial charge in [-0.05, 0) is 6.92 Å². The Labute approximate surface area is 90.7 Å². The molecule has 1 aromatic rings. The molecule has 15 heavy (non-hydrogen) atoms. The average molecular weight is 229 g/mol. The van der Waals surface area contributed by atoms with Gasteiger partial charge in [0.25, 0.3) is 0 Å². The van der Waals surface area contributed by atoms with Gasteiger partial charge in [0.1, 0.15) is 4.88 Å². The maximum absolute atomic E-state index is 11.1. The fraction of sp³-hybridized carbons (Fsp3) is 0.375. The molecule has 1 aromatic heterocycles. The highest BCUT2D eigenvalue weighted by Crippen LogP contribution is 2.18. The monoisotopic (exact) mass is 229 g/mol. The summed E-state index contributed by atoms with van der Waals surface area (Å²) < 4.78 is 4.51. The molecule has 0 fully saturated rings. The van der Waals surface area contributed by atoms with Crippen molar-refractivity contribution in [2.24, 2.45) is 0 Å². The van der Waals surface area contributed by atoms with Gasteiger partial charge in [0.15, 0.2) is 5.13 Å². The van der Waals surface area contributed by atoms with E-state index in [0.717, 1.165) is 11.3 Å². The number of nitrogens with zero attached hydrogens (tertiary/aromatic N) is 1. The second kappa shape index (κ2) is 5.30. The van der Waals surface area contributed by atoms with E-state index < -0.39 is 5.97 Å². The third kappa shape index (κ3) is 3.21. The molecule has 0 aliphatic carbocycles. The normalized spacial score (nSPS) is 9.47. The summed E-state index contributed by atoms with van der Waals surface area (Å²) in [6.45, 7) is 2.34. The third-order valence-corrected chi connectivity index (χ3v) is 2.34. The molecular weight excluding hydrogens is 218 g/mol. The first kappa shape index (κ1) is 11.4. The molecule has 0 spiro atoms. The molecule has 0 aliphatic rings. The van der Waals surface area contributed by atoms with Gasteiger partial charge in [-0.1, -0.05) is 11.3 Å². The minimum absolute atomic E-state index is 0.344. The van der Waals surface area contributed by atoms with Crippen molar-refractivity contribution >= 4 is 28.5 Å². The van der Waals surface area contributed by atoms with Crippen LogP contribution >= 0.6 is 11.3 Å². The number of methoxy groups -OCH3 is 1. The van der Waals surface area contributed by atoms with Crippen LogP contribution in [0.4, 0.5) is 9.93 Å². The van der Waals surface area contributed by atoms with Crippen molar-refractivity contribution in [3.05, 3.63) is 11.1 Å². The highest BCUT2D eigenvalue weighted by atomic mass is 32.1. The Balaban J connectivity index is 2.60. The summed E-state index contributed by atoms with van der Waals surface area (Å²) in [5.74, 6) is -0.462. The fourth-order valence-electron chi connectivity index (χ4n) is 0.829. The molecule has 0 bridgehead atoms. The van der Waals surface area contributed by atoms with Crippen LogP contribution in [0.2, 0.25) is 0 Å². The number of aromatic nitrogens is 1. The number of hydrogen-bond donors (Lipinski definition) is 2. The topological polar surface area (TPSA) is 80.3 Å². The SMILES string of the molecule is CCNC(=O)Nc1ncc(C(=O)OC)s1. The van der Waals surface area contributed by atoms with E-state index in [9.17, 15) is 9.59 Å². The zero-order valence-corrected chi connectivity index (χ0v) is 9.18. The highest BCUT2D eigenvalue weighted by Gasteiger charge is 2.11. The van der Waals surface area contributed by atoms with E-state index in [1.165, 1.54) is 13.3 Å². The maximum atomic E-state index is 11.1. The molecule has 0 aromatic carbocycles. The van der Waals surface area contributed by atoms with E-state index >= 15 is 0 Å². The molecule has 0 saturated heterocycles. The molecule has 0 atom stereocenters. The number of ether oxygens (including phenoxy) is 1. The lowest BCUT2D eigenvalue weighted by atomic mass is 10.6. The van der Waals surface area contributed by atoms with Crippen LogP contribution in [0.1, 0.15) is 16.6 Å². The zero-order valence-electron chi connectivity index (χ0n) is 8.36. The number of hydrogen-bond acceptors (Lipinski definition) is 5. The largest absolute Gasteiger partial charge is 0.465 e. The first-order valence-electron chi connectivity index (χ1n) is 4.26. The lowest BCUT2D eigenvalue weighted by Crippen LogP contribution is -2.28. The van der Waals surface area contributed by atoms with Gasteiger partial charge in [-0.15, -0.1) is 0 Å². The number of amides is 2. The molecule has 0 radical (unpaired) electrons. The average Bonchev–Trinajstić information content (AvgIpc) is 2.65. The number of rotatable bonds is 3. The van der Waals surface area contributed by atoms with Crippen LogP contribution in [-0.4, -0.2) is 30.6 Å². The number of anilines is 1. The molecule has 6 nitrogen and oxygen atoms in total. The Morgan fingerprint density at radius 1 is 1.60 bits per heavy atom. The van der Waals surface area contributed by atoms with Crippen LogP contribution in [0.3, 0.4) is 0 Å². The van der Waals surface area contributed by atoms with Crippen molar-refractivity contribution in [1.82, 2.24) is 10.3 Å². The Bertz CT molecular complexity index is 364. The molecule has 1 rings (SSSR count). The Morgan fingerprint density at radius 2 is 2.33 bits per heavy atom. The Hall–Kier alpha value is -1.63. The molecule has 1 heterocycles. The van der Waals surface area contributed by atoms with Gasteiger partial charge in [-0.2, -0.15) is 0 Å². The first-order chi connectivity index (χ1) is 7.17. The predicted molar refractivity (Wildman–Crippen MR) is 56.1 cm³/mol. The van der Waals surface area contributed by atoms with Crippen LogP contribution in [0, 0.1) is 0 Å². The summed E-state index contributed by atoms with van der Waals surface area (Å²) in [5, 5.41) is 5.40. The molecule has 2 amide bonds. The van der Waals surface area contributed by atoms with Crippen molar-refractivity contribution in [2.45, 2.75) is 6.92 Å². The summed E-state index contributed by atoms with van der Waals surface area (Å²) in [5.41, 5.74) is 0. The van der Waals surface area contributed by atoms with Crippen molar-refractivity contribution in [2.75, 3.05) is 19.0 Å². The van der Waals surface area contributed by atoms with Gasteiger partial charge >= 0.3 is 12.0 Å². The van der Waals surface area contributed by atoms with Crippen molar-refractivity contribution in [1.29, 1.82) is 0 Å². The molecule has 0 aliphatic heterocycles. The minimum atomic E-state index is -0.462. The third-order valence-electron chi connectivity index (χ3n) is 1.45. The van der Waals surface area contributed by atoms with Gasteiger partial charge in [0.2, 0.25) is 0 Å². The number of urea groups is 1. The van der Waals surface area contributed by atoms with E-state index in [0.29, 0.717) is 16.6 Å². The summed E-state index contributed by atoms with van der Waals surface area (Å²) in [6, 6.07) is -0.344. The van der Waals surface area contributed by atoms with E-state index in [2.05, 4.69) is 20.4 Å². The van der Waals surface area contributed by atoms with Gasteiger partial charge < -0.3 is 10.1 Å². The van der Waals surface area contributed by atoms with E-state index in [1.54, 1.807) is 6.92 Å². The van der Waals surface area contributed by atoms with E-state index in [-0.39, 0.29) is 6.03 Å². The standard InChI is InChI=1S/C8H11N3O3S/c1-3-9-7(13)11-8-10-4-5(15-8)6(12)14-2/h4H,3H2,1-2H3,(H2,9,10,11,13). The van der Waals surface area contributed by atoms with E-state index in [4.69, 9.17) is 0 Å². The van der Waals surface area contributed by atoms with Crippen molar-refractivity contribution < 1.29 is 14.3 Å². The second-order valence-electron chi connectivity index (χ2n) is 2.51. The lowest BCUT2D eigenvalue weighted by molar-refractivity contribution is 0.0606. The summed E-state index contributed by atoms with van der Waals surface area (Å²) in [4.78, 5) is 26.4. The molecule has 82 valence electrons. The molecule has 7 heteroatoms. The number of esters is 1. The predicted octanol–water partition coefficient (Wildman–Crippen LogP) is 1.07.